The van der Waals surface area contributed by atoms with Crippen molar-refractivity contribution < 1.29 is 13.6 Å². The van der Waals surface area contributed by atoms with Crippen molar-refractivity contribution in [3.8, 4) is 0 Å². The smallest absolute Gasteiger partial charge is 0.319 e. The number of imidazole rings is 1. The van der Waals surface area contributed by atoms with E-state index in [9.17, 15) is 13.6 Å². The van der Waals surface area contributed by atoms with Gasteiger partial charge in [-0.05, 0) is 6.07 Å². The number of halogens is 2. The topological polar surface area (TPSA) is 70.1 Å². The lowest BCUT2D eigenvalue weighted by Crippen LogP contribution is -2.48. The summed E-state index contributed by atoms with van der Waals surface area (Å²) in [4.78, 5) is 20.6. The van der Waals surface area contributed by atoms with Crippen LogP contribution in [0.4, 0.5) is 8.78 Å². The number of para-hydroxylation sites is 1. The highest BCUT2D eigenvalue weighted by atomic mass is 19.3. The summed E-state index contributed by atoms with van der Waals surface area (Å²) in [6, 6.07) is 5.53. The molecule has 1 aromatic carbocycles. The van der Waals surface area contributed by atoms with E-state index in [2.05, 4.69) is 15.2 Å². The Morgan fingerprint density at radius 1 is 1.23 bits per heavy atom. The van der Waals surface area contributed by atoms with E-state index in [1.165, 1.54) is 12.4 Å². The molecule has 3 aromatic rings. The molecule has 9 heteroatoms. The molecule has 4 rings (SSSR count). The number of aromatic amines is 1. The monoisotopic (exact) mass is 360 g/mol. The van der Waals surface area contributed by atoms with Gasteiger partial charge < -0.3 is 4.90 Å². The van der Waals surface area contributed by atoms with Gasteiger partial charge >= 0.3 is 6.55 Å². The van der Waals surface area contributed by atoms with Crippen LogP contribution >= 0.6 is 0 Å². The van der Waals surface area contributed by atoms with Gasteiger partial charge in [0, 0.05) is 44.0 Å². The van der Waals surface area contributed by atoms with E-state index in [1.807, 2.05) is 17.0 Å². The number of carbonyl (C=O) groups excluding carboxylic acids is 1. The largest absolute Gasteiger partial charge is 0.336 e. The molecule has 3 heterocycles. The summed E-state index contributed by atoms with van der Waals surface area (Å²) in [5, 5.41) is 7.76. The molecule has 0 bridgehead atoms. The maximum Gasteiger partial charge on any atom is 0.319 e. The maximum atomic E-state index is 12.9. The molecule has 1 amide bonds. The molecule has 1 aliphatic heterocycles. The number of nitrogens with zero attached hydrogens (tertiary/aromatic N) is 5. The lowest BCUT2D eigenvalue weighted by Gasteiger charge is -2.34. The van der Waals surface area contributed by atoms with E-state index in [0.29, 0.717) is 44.1 Å². The first-order valence-corrected chi connectivity index (χ1v) is 8.37. The molecule has 1 N–H and O–H groups in total. The van der Waals surface area contributed by atoms with Crippen LogP contribution in [0.2, 0.25) is 0 Å². The molecule has 0 unspecified atom stereocenters. The summed E-state index contributed by atoms with van der Waals surface area (Å²) in [6.07, 6.45) is 4.35. The Hall–Kier alpha value is -2.81. The van der Waals surface area contributed by atoms with Crippen molar-refractivity contribution in [3.63, 3.8) is 0 Å². The fourth-order valence-electron chi connectivity index (χ4n) is 3.27. The second kappa shape index (κ2) is 6.83. The summed E-state index contributed by atoms with van der Waals surface area (Å²) in [6.45, 7) is 0.0550. The van der Waals surface area contributed by atoms with Crippen LogP contribution in [0, 0.1) is 0 Å². The zero-order valence-electron chi connectivity index (χ0n) is 14.0. The molecule has 136 valence electrons. The fourth-order valence-corrected chi connectivity index (χ4v) is 3.27. The Kier molecular flexibility index (Phi) is 4.37. The highest BCUT2D eigenvalue weighted by Gasteiger charge is 2.25. The van der Waals surface area contributed by atoms with Gasteiger partial charge in [0.05, 0.1) is 23.8 Å². The normalized spacial score (nSPS) is 15.9. The van der Waals surface area contributed by atoms with E-state index in [0.717, 1.165) is 15.5 Å². The molecule has 1 fully saturated rings. The van der Waals surface area contributed by atoms with Gasteiger partial charge in [-0.25, -0.2) is 4.98 Å². The third kappa shape index (κ3) is 3.05. The Bertz CT molecular complexity index is 913. The number of alkyl halides is 2. The van der Waals surface area contributed by atoms with Crippen LogP contribution < -0.4 is 0 Å². The van der Waals surface area contributed by atoms with Crippen molar-refractivity contribution in [3.05, 3.63) is 48.2 Å². The number of amides is 1. The zero-order chi connectivity index (χ0) is 18.1. The standard InChI is InChI=1S/C17H18F2N6O/c18-17(19)25-5-4-20-14(25)11-23-6-8-24(9-7-23)16(26)13-3-1-2-12-10-21-22-15(12)13/h1-5,10,17H,6-9,11H2,(H,21,22). The minimum absolute atomic E-state index is 0.0476. The number of hydrogen-bond donors (Lipinski definition) is 1. The number of benzene rings is 1. The minimum atomic E-state index is -2.59. The second-order valence-corrected chi connectivity index (χ2v) is 6.24. The zero-order valence-corrected chi connectivity index (χ0v) is 14.0. The Morgan fingerprint density at radius 2 is 2.04 bits per heavy atom. The van der Waals surface area contributed by atoms with Gasteiger partial charge in [-0.15, -0.1) is 0 Å². The van der Waals surface area contributed by atoms with Gasteiger partial charge in [0.25, 0.3) is 5.91 Å². The van der Waals surface area contributed by atoms with Gasteiger partial charge in [-0.2, -0.15) is 13.9 Å². The lowest BCUT2D eigenvalue weighted by atomic mass is 10.1. The summed E-state index contributed by atoms with van der Waals surface area (Å²) in [5.41, 5.74) is 1.33. The van der Waals surface area contributed by atoms with Gasteiger partial charge in [0.2, 0.25) is 0 Å². The summed E-state index contributed by atoms with van der Waals surface area (Å²) in [5.74, 6) is 0.288. The molecule has 0 spiro atoms. The van der Waals surface area contributed by atoms with Crippen LogP contribution in [-0.2, 0) is 6.54 Å². The molecular formula is C17H18F2N6O. The lowest BCUT2D eigenvalue weighted by molar-refractivity contribution is 0.0556. The van der Waals surface area contributed by atoms with Gasteiger partial charge in [0.1, 0.15) is 5.82 Å². The number of hydrogen-bond acceptors (Lipinski definition) is 4. The molecule has 2 aromatic heterocycles. The number of fused-ring (bicyclic) bond motifs is 1. The number of nitrogens with one attached hydrogen (secondary N) is 1. The third-order valence-electron chi connectivity index (χ3n) is 4.69. The van der Waals surface area contributed by atoms with E-state index < -0.39 is 6.55 Å². The van der Waals surface area contributed by atoms with Crippen molar-refractivity contribution in [1.29, 1.82) is 0 Å². The minimum Gasteiger partial charge on any atom is -0.336 e. The van der Waals surface area contributed by atoms with E-state index in [-0.39, 0.29) is 5.91 Å². The van der Waals surface area contributed by atoms with Crippen LogP contribution in [0.1, 0.15) is 22.7 Å². The molecule has 0 saturated carbocycles. The molecule has 1 aliphatic rings. The van der Waals surface area contributed by atoms with Crippen molar-refractivity contribution in [2.75, 3.05) is 26.2 Å². The predicted molar refractivity (Wildman–Crippen MR) is 90.8 cm³/mol. The van der Waals surface area contributed by atoms with Crippen LogP contribution in [0.5, 0.6) is 0 Å². The predicted octanol–water partition coefficient (Wildman–Crippen LogP) is 2.11. The molecular weight excluding hydrogens is 342 g/mol. The highest BCUT2D eigenvalue weighted by molar-refractivity contribution is 6.05. The van der Waals surface area contributed by atoms with Crippen molar-refractivity contribution in [1.82, 2.24) is 29.5 Å². The van der Waals surface area contributed by atoms with Crippen molar-refractivity contribution in [2.24, 2.45) is 0 Å². The first-order valence-electron chi connectivity index (χ1n) is 8.37. The molecule has 26 heavy (non-hydrogen) atoms. The average molecular weight is 360 g/mol. The third-order valence-corrected chi connectivity index (χ3v) is 4.69. The van der Waals surface area contributed by atoms with E-state index in [1.54, 1.807) is 17.2 Å². The van der Waals surface area contributed by atoms with Crippen molar-refractivity contribution in [2.45, 2.75) is 13.1 Å². The van der Waals surface area contributed by atoms with Crippen LogP contribution in [0.3, 0.4) is 0 Å². The SMILES string of the molecule is O=C(c1cccc2cn[nH]c12)N1CCN(Cc2nccn2C(F)F)CC1. The second-order valence-electron chi connectivity index (χ2n) is 6.24. The fraction of sp³-hybridized carbons (Fsp3) is 0.353. The Morgan fingerprint density at radius 3 is 2.81 bits per heavy atom. The summed E-state index contributed by atoms with van der Waals surface area (Å²) < 4.78 is 26.7. The van der Waals surface area contributed by atoms with Crippen LogP contribution in [0.15, 0.2) is 36.8 Å². The number of aromatic nitrogens is 4. The average Bonchev–Trinajstić information content (AvgIpc) is 3.30. The van der Waals surface area contributed by atoms with Crippen molar-refractivity contribution >= 4 is 16.8 Å². The number of piperazine rings is 1. The molecule has 1 saturated heterocycles. The quantitative estimate of drug-likeness (QED) is 0.774. The van der Waals surface area contributed by atoms with E-state index >= 15 is 0 Å². The van der Waals surface area contributed by atoms with Gasteiger partial charge in [0.15, 0.2) is 0 Å². The Balaban J connectivity index is 1.41. The first kappa shape index (κ1) is 16.6. The van der Waals surface area contributed by atoms with Gasteiger partial charge in [-0.3, -0.25) is 19.4 Å². The number of H-pyrrole nitrogens is 1. The molecule has 0 aliphatic carbocycles. The first-order chi connectivity index (χ1) is 12.6. The molecule has 0 atom stereocenters. The number of rotatable bonds is 4. The van der Waals surface area contributed by atoms with Gasteiger partial charge in [-0.1, -0.05) is 12.1 Å². The maximum absolute atomic E-state index is 12.9. The van der Waals surface area contributed by atoms with Crippen LogP contribution in [0.25, 0.3) is 10.9 Å². The summed E-state index contributed by atoms with van der Waals surface area (Å²) in [7, 11) is 0. The number of carbonyl (C=O) groups is 1. The summed E-state index contributed by atoms with van der Waals surface area (Å²) >= 11 is 0. The molecule has 0 radical (unpaired) electrons. The Labute approximate surface area is 148 Å². The molecule has 7 nitrogen and oxygen atoms in total. The van der Waals surface area contributed by atoms with E-state index in [4.69, 9.17) is 0 Å². The highest BCUT2D eigenvalue weighted by Crippen LogP contribution is 2.19. The van der Waals surface area contributed by atoms with Crippen LogP contribution in [-0.4, -0.2) is 61.6 Å².